The Morgan fingerprint density at radius 3 is 2.24 bits per heavy atom. The maximum absolute atomic E-state index is 13.8. The maximum atomic E-state index is 13.8. The summed E-state index contributed by atoms with van der Waals surface area (Å²) < 4.78 is 37.4. The molecule has 0 fully saturated rings. The summed E-state index contributed by atoms with van der Waals surface area (Å²) in [6.45, 7) is 7.30. The van der Waals surface area contributed by atoms with E-state index in [4.69, 9.17) is 9.47 Å². The van der Waals surface area contributed by atoms with E-state index in [1.165, 1.54) is 25.2 Å². The number of anilines is 1. The quantitative estimate of drug-likeness (QED) is 0.423. The molecule has 0 saturated heterocycles. The minimum Gasteiger partial charge on any atom is -0.497 e. The van der Waals surface area contributed by atoms with Crippen molar-refractivity contribution in [1.82, 2.24) is 10.2 Å². The van der Waals surface area contributed by atoms with E-state index in [1.807, 2.05) is 52.0 Å². The Balaban J connectivity index is 2.52. The highest BCUT2D eigenvalue weighted by molar-refractivity contribution is 7.92. The fourth-order valence-electron chi connectivity index (χ4n) is 3.92. The first kappa shape index (κ1) is 30.0. The first-order chi connectivity index (χ1) is 17.5. The average Bonchev–Trinajstić information content (AvgIpc) is 2.86. The lowest BCUT2D eigenvalue weighted by atomic mass is 10.1. The molecule has 0 spiro atoms. The largest absolute Gasteiger partial charge is 0.497 e. The third-order valence-electron chi connectivity index (χ3n) is 6.32. The lowest BCUT2D eigenvalue weighted by molar-refractivity contribution is -0.140. The molecule has 0 aliphatic heterocycles. The number of hydrogen-bond donors (Lipinski definition) is 1. The van der Waals surface area contributed by atoms with Gasteiger partial charge in [0.05, 0.1) is 26.2 Å². The Hall–Kier alpha value is -3.27. The highest BCUT2D eigenvalue weighted by Gasteiger charge is 2.33. The maximum Gasteiger partial charge on any atom is 0.244 e. The first-order valence-corrected chi connectivity index (χ1v) is 14.2. The van der Waals surface area contributed by atoms with Gasteiger partial charge in [0.2, 0.25) is 21.8 Å². The summed E-state index contributed by atoms with van der Waals surface area (Å²) in [7, 11) is -0.986. The summed E-state index contributed by atoms with van der Waals surface area (Å²) in [6.07, 6.45) is 2.14. The molecule has 2 rings (SSSR count). The van der Waals surface area contributed by atoms with Crippen LogP contribution in [0.2, 0.25) is 0 Å². The number of methoxy groups -OCH3 is 2. The monoisotopic (exact) mass is 533 g/mol. The van der Waals surface area contributed by atoms with Crippen LogP contribution in [-0.4, -0.2) is 64.2 Å². The molecule has 2 unspecified atom stereocenters. The summed E-state index contributed by atoms with van der Waals surface area (Å²) in [5.74, 6) is -0.0525. The molecule has 2 aromatic rings. The second-order valence-corrected chi connectivity index (χ2v) is 10.9. The number of amides is 2. The van der Waals surface area contributed by atoms with E-state index >= 15 is 0 Å². The van der Waals surface area contributed by atoms with E-state index in [9.17, 15) is 18.0 Å². The molecular formula is C27H39N3O6S. The molecule has 1 N–H and O–H groups in total. The van der Waals surface area contributed by atoms with Crippen LogP contribution in [0.25, 0.3) is 0 Å². The molecule has 0 saturated carbocycles. The highest BCUT2D eigenvalue weighted by Crippen LogP contribution is 2.33. The van der Waals surface area contributed by atoms with Gasteiger partial charge in [0.25, 0.3) is 0 Å². The van der Waals surface area contributed by atoms with Crippen LogP contribution >= 0.6 is 0 Å². The van der Waals surface area contributed by atoms with Crippen LogP contribution in [0, 0.1) is 6.92 Å². The van der Waals surface area contributed by atoms with Crippen molar-refractivity contribution < 1.29 is 27.5 Å². The van der Waals surface area contributed by atoms with Gasteiger partial charge in [-0.2, -0.15) is 0 Å². The fraction of sp³-hybridized carbons (Fsp3) is 0.481. The van der Waals surface area contributed by atoms with Crippen LogP contribution in [0.1, 0.15) is 44.7 Å². The minimum atomic E-state index is -3.89. The van der Waals surface area contributed by atoms with Crippen molar-refractivity contribution in [3.63, 3.8) is 0 Å². The molecule has 2 aromatic carbocycles. The normalized spacial score (nSPS) is 12.8. The van der Waals surface area contributed by atoms with Crippen molar-refractivity contribution in [2.75, 3.05) is 31.3 Å². The van der Waals surface area contributed by atoms with Crippen LogP contribution in [0.3, 0.4) is 0 Å². The van der Waals surface area contributed by atoms with Gasteiger partial charge in [-0.15, -0.1) is 0 Å². The molecule has 2 amide bonds. The predicted octanol–water partition coefficient (Wildman–Crippen LogP) is 3.50. The zero-order valence-electron chi connectivity index (χ0n) is 22.8. The van der Waals surface area contributed by atoms with E-state index in [1.54, 1.807) is 12.1 Å². The molecule has 9 nitrogen and oxygen atoms in total. The van der Waals surface area contributed by atoms with E-state index in [-0.39, 0.29) is 29.9 Å². The molecule has 0 aliphatic carbocycles. The van der Waals surface area contributed by atoms with Gasteiger partial charge in [-0.25, -0.2) is 8.42 Å². The number of benzene rings is 2. The Kier molecular flexibility index (Phi) is 10.8. The van der Waals surface area contributed by atoms with Crippen LogP contribution < -0.4 is 19.1 Å². The number of rotatable bonds is 13. The summed E-state index contributed by atoms with van der Waals surface area (Å²) >= 11 is 0. The third kappa shape index (κ3) is 7.85. The Morgan fingerprint density at radius 1 is 1.03 bits per heavy atom. The Labute approximate surface area is 220 Å². The molecule has 0 aromatic heterocycles. The van der Waals surface area contributed by atoms with Crippen LogP contribution in [0.5, 0.6) is 11.5 Å². The van der Waals surface area contributed by atoms with Gasteiger partial charge in [0.15, 0.2) is 0 Å². The topological polar surface area (TPSA) is 105 Å². The molecule has 0 aliphatic rings. The van der Waals surface area contributed by atoms with E-state index in [2.05, 4.69) is 5.32 Å². The number of hydrogen-bond acceptors (Lipinski definition) is 6. The van der Waals surface area contributed by atoms with E-state index < -0.39 is 28.5 Å². The summed E-state index contributed by atoms with van der Waals surface area (Å²) in [5.41, 5.74) is 2.04. The standard InChI is InChI=1S/C27H39N3O6S/c1-8-20(4)28-27(32)23(9-2)29(17-21-13-11-10-12-19(21)3)26(31)18-30(37(7,33)34)24-15-14-22(35-5)16-25(24)36-6/h10-16,20,23H,8-9,17-18H2,1-7H3,(H,28,32). The minimum absolute atomic E-state index is 0.0620. The summed E-state index contributed by atoms with van der Waals surface area (Å²) in [4.78, 5) is 28.5. The first-order valence-electron chi connectivity index (χ1n) is 12.3. The lowest BCUT2D eigenvalue weighted by Gasteiger charge is -2.34. The molecule has 0 radical (unpaired) electrons. The van der Waals surface area contributed by atoms with Crippen molar-refractivity contribution in [2.45, 2.75) is 59.2 Å². The second kappa shape index (κ2) is 13.3. The number of aryl methyl sites for hydroxylation is 1. The zero-order chi connectivity index (χ0) is 27.8. The van der Waals surface area contributed by atoms with Crippen molar-refractivity contribution in [3.05, 3.63) is 53.6 Å². The van der Waals surface area contributed by atoms with Gasteiger partial charge in [-0.3, -0.25) is 13.9 Å². The van der Waals surface area contributed by atoms with Crippen LogP contribution in [0.4, 0.5) is 5.69 Å². The predicted molar refractivity (Wildman–Crippen MR) is 145 cm³/mol. The smallest absolute Gasteiger partial charge is 0.244 e. The number of nitrogens with one attached hydrogen (secondary N) is 1. The fourth-order valence-corrected chi connectivity index (χ4v) is 4.77. The average molecular weight is 534 g/mol. The molecule has 204 valence electrons. The molecule has 10 heteroatoms. The second-order valence-electron chi connectivity index (χ2n) is 9.00. The van der Waals surface area contributed by atoms with Crippen molar-refractivity contribution in [1.29, 1.82) is 0 Å². The highest BCUT2D eigenvalue weighted by atomic mass is 32.2. The number of carbonyl (C=O) groups is 2. The van der Waals surface area contributed by atoms with Crippen molar-refractivity contribution in [3.8, 4) is 11.5 Å². The van der Waals surface area contributed by atoms with Gasteiger partial charge in [0.1, 0.15) is 24.1 Å². The Bertz CT molecular complexity index is 1180. The molecule has 0 bridgehead atoms. The van der Waals surface area contributed by atoms with E-state index in [0.29, 0.717) is 12.2 Å². The van der Waals surface area contributed by atoms with Crippen molar-refractivity contribution in [2.24, 2.45) is 0 Å². The SMILES string of the molecule is CCC(C)NC(=O)C(CC)N(Cc1ccccc1C)C(=O)CN(c1ccc(OC)cc1OC)S(C)(=O)=O. The summed E-state index contributed by atoms with van der Waals surface area (Å²) in [6, 6.07) is 11.4. The molecule has 2 atom stereocenters. The zero-order valence-corrected chi connectivity index (χ0v) is 23.6. The van der Waals surface area contributed by atoms with Crippen LogP contribution in [-0.2, 0) is 26.2 Å². The third-order valence-corrected chi connectivity index (χ3v) is 7.45. The lowest BCUT2D eigenvalue weighted by Crippen LogP contribution is -2.53. The molecular weight excluding hydrogens is 494 g/mol. The van der Waals surface area contributed by atoms with Gasteiger partial charge in [-0.1, -0.05) is 38.1 Å². The number of carbonyl (C=O) groups excluding carboxylic acids is 2. The van der Waals surface area contributed by atoms with Gasteiger partial charge >= 0.3 is 0 Å². The van der Waals surface area contributed by atoms with E-state index in [0.717, 1.165) is 28.1 Å². The number of nitrogens with zero attached hydrogens (tertiary/aromatic N) is 2. The van der Waals surface area contributed by atoms with Gasteiger partial charge in [0, 0.05) is 18.7 Å². The summed E-state index contributed by atoms with van der Waals surface area (Å²) in [5, 5.41) is 2.96. The Morgan fingerprint density at radius 2 is 1.70 bits per heavy atom. The van der Waals surface area contributed by atoms with Gasteiger partial charge in [-0.05, 0) is 49.9 Å². The molecule has 37 heavy (non-hydrogen) atoms. The van der Waals surface area contributed by atoms with Gasteiger partial charge < -0.3 is 19.7 Å². The van der Waals surface area contributed by atoms with Crippen molar-refractivity contribution >= 4 is 27.5 Å². The number of ether oxygens (including phenoxy) is 2. The van der Waals surface area contributed by atoms with Crippen LogP contribution in [0.15, 0.2) is 42.5 Å². The molecule has 0 heterocycles. The number of sulfonamides is 1.